The van der Waals surface area contributed by atoms with Gasteiger partial charge in [0, 0.05) is 23.5 Å². The first-order valence-corrected chi connectivity index (χ1v) is 8.67. The number of nitrogens with one attached hydrogen (secondary N) is 2. The van der Waals surface area contributed by atoms with E-state index in [1.165, 1.54) is 11.3 Å². The van der Waals surface area contributed by atoms with Gasteiger partial charge in [-0.3, -0.25) is 4.79 Å². The Morgan fingerprint density at radius 2 is 2.04 bits per heavy atom. The molecule has 0 spiro atoms. The van der Waals surface area contributed by atoms with Crippen molar-refractivity contribution in [1.29, 1.82) is 0 Å². The van der Waals surface area contributed by atoms with Crippen molar-refractivity contribution in [2.45, 2.75) is 19.4 Å². The second kappa shape index (κ2) is 9.97. The summed E-state index contributed by atoms with van der Waals surface area (Å²) >= 11 is 1.48. The number of aromatic nitrogens is 1. The van der Waals surface area contributed by atoms with Gasteiger partial charge in [-0.15, -0.1) is 36.2 Å². The molecule has 3 rings (SSSR count). The van der Waals surface area contributed by atoms with Crippen LogP contribution in [-0.4, -0.2) is 37.1 Å². The van der Waals surface area contributed by atoms with Gasteiger partial charge in [0.05, 0.1) is 7.11 Å². The molecule has 2 heterocycles. The van der Waals surface area contributed by atoms with Crippen molar-refractivity contribution in [1.82, 2.24) is 15.6 Å². The van der Waals surface area contributed by atoms with E-state index >= 15 is 0 Å². The highest BCUT2D eigenvalue weighted by atomic mass is 35.5. The third kappa shape index (κ3) is 5.31. The zero-order chi connectivity index (χ0) is 16.2. The Kier molecular flexibility index (Phi) is 8.65. The van der Waals surface area contributed by atoms with Crippen molar-refractivity contribution < 1.29 is 9.53 Å². The molecule has 1 amide bonds. The third-order valence-electron chi connectivity index (χ3n) is 4.22. The Morgan fingerprint density at radius 3 is 2.68 bits per heavy atom. The molecule has 1 aliphatic rings. The Labute approximate surface area is 164 Å². The average Bonchev–Trinajstić information content (AvgIpc) is 3.07. The van der Waals surface area contributed by atoms with Crippen molar-refractivity contribution in [3.8, 4) is 16.3 Å². The Hall–Kier alpha value is -1.34. The third-order valence-corrected chi connectivity index (χ3v) is 5.11. The maximum Gasteiger partial charge on any atom is 0.271 e. The molecular formula is C17H23Cl2N3O2S. The van der Waals surface area contributed by atoms with Gasteiger partial charge in [-0.1, -0.05) is 6.92 Å². The quantitative estimate of drug-likeness (QED) is 0.820. The zero-order valence-corrected chi connectivity index (χ0v) is 16.6. The summed E-state index contributed by atoms with van der Waals surface area (Å²) in [5, 5.41) is 9.07. The van der Waals surface area contributed by atoms with Crippen LogP contribution in [0.15, 0.2) is 29.6 Å². The molecule has 1 fully saturated rings. The number of carbonyl (C=O) groups is 1. The molecule has 1 aliphatic heterocycles. The summed E-state index contributed by atoms with van der Waals surface area (Å²) in [4.78, 5) is 16.9. The predicted molar refractivity (Wildman–Crippen MR) is 107 cm³/mol. The number of methoxy groups -OCH3 is 1. The van der Waals surface area contributed by atoms with E-state index in [1.54, 1.807) is 7.11 Å². The van der Waals surface area contributed by atoms with Gasteiger partial charge in [-0.2, -0.15) is 0 Å². The minimum Gasteiger partial charge on any atom is -0.497 e. The van der Waals surface area contributed by atoms with Crippen LogP contribution in [0.5, 0.6) is 5.75 Å². The fourth-order valence-electron chi connectivity index (χ4n) is 2.67. The molecule has 8 heteroatoms. The first-order valence-electron chi connectivity index (χ1n) is 7.79. The number of hydrogen-bond donors (Lipinski definition) is 2. The number of carbonyl (C=O) groups excluding carboxylic acids is 1. The molecular weight excluding hydrogens is 381 g/mol. The van der Waals surface area contributed by atoms with Gasteiger partial charge in [0.2, 0.25) is 0 Å². The van der Waals surface area contributed by atoms with Crippen LogP contribution in [0.2, 0.25) is 0 Å². The lowest BCUT2D eigenvalue weighted by Crippen LogP contribution is -2.50. The maximum absolute atomic E-state index is 12.4. The Morgan fingerprint density at radius 1 is 1.32 bits per heavy atom. The molecule has 2 unspecified atom stereocenters. The van der Waals surface area contributed by atoms with E-state index in [9.17, 15) is 4.79 Å². The molecule has 1 aromatic carbocycles. The molecule has 0 aliphatic carbocycles. The van der Waals surface area contributed by atoms with E-state index in [-0.39, 0.29) is 36.8 Å². The van der Waals surface area contributed by atoms with Gasteiger partial charge in [-0.05, 0) is 43.1 Å². The molecule has 25 heavy (non-hydrogen) atoms. The molecule has 5 nitrogen and oxygen atoms in total. The summed E-state index contributed by atoms with van der Waals surface area (Å²) in [7, 11) is 1.64. The predicted octanol–water partition coefficient (Wildman–Crippen LogP) is 3.39. The lowest BCUT2D eigenvalue weighted by atomic mass is 9.95. The monoisotopic (exact) mass is 403 g/mol. The smallest absolute Gasteiger partial charge is 0.271 e. The van der Waals surface area contributed by atoms with E-state index in [2.05, 4.69) is 22.5 Å². The second-order valence-corrected chi connectivity index (χ2v) is 6.67. The van der Waals surface area contributed by atoms with Crippen molar-refractivity contribution in [3.05, 3.63) is 35.3 Å². The van der Waals surface area contributed by atoms with Crippen molar-refractivity contribution in [2.24, 2.45) is 5.92 Å². The average molecular weight is 404 g/mol. The zero-order valence-electron chi connectivity index (χ0n) is 14.2. The Balaban J connectivity index is 0.00000156. The van der Waals surface area contributed by atoms with Gasteiger partial charge in [0.15, 0.2) is 0 Å². The molecule has 0 radical (unpaired) electrons. The fraction of sp³-hybridized carbons (Fsp3) is 0.412. The van der Waals surface area contributed by atoms with E-state index in [0.29, 0.717) is 11.6 Å². The van der Waals surface area contributed by atoms with E-state index in [1.807, 2.05) is 29.6 Å². The number of piperidine rings is 1. The summed E-state index contributed by atoms with van der Waals surface area (Å²) < 4.78 is 5.16. The maximum atomic E-state index is 12.4. The minimum absolute atomic E-state index is 0. The van der Waals surface area contributed by atoms with Crippen LogP contribution < -0.4 is 15.4 Å². The Bertz CT molecular complexity index is 679. The molecule has 2 N–H and O–H groups in total. The largest absolute Gasteiger partial charge is 0.497 e. The van der Waals surface area contributed by atoms with Gasteiger partial charge in [0.1, 0.15) is 16.5 Å². The van der Waals surface area contributed by atoms with Crippen molar-refractivity contribution >= 4 is 42.1 Å². The molecule has 0 saturated carbocycles. The van der Waals surface area contributed by atoms with Crippen molar-refractivity contribution in [3.63, 3.8) is 0 Å². The highest BCUT2D eigenvalue weighted by molar-refractivity contribution is 7.13. The lowest BCUT2D eigenvalue weighted by molar-refractivity contribution is 0.0911. The first kappa shape index (κ1) is 21.7. The molecule has 138 valence electrons. The van der Waals surface area contributed by atoms with Crippen molar-refractivity contribution in [2.75, 3.05) is 20.2 Å². The fourth-order valence-corrected chi connectivity index (χ4v) is 3.48. The van der Waals surface area contributed by atoms with Gasteiger partial charge >= 0.3 is 0 Å². The number of thiazole rings is 1. The highest BCUT2D eigenvalue weighted by Gasteiger charge is 2.24. The first-order chi connectivity index (χ1) is 11.2. The summed E-state index contributed by atoms with van der Waals surface area (Å²) in [5.74, 6) is 1.20. The highest BCUT2D eigenvalue weighted by Crippen LogP contribution is 2.25. The number of amides is 1. The van der Waals surface area contributed by atoms with Gasteiger partial charge < -0.3 is 15.4 Å². The number of rotatable bonds is 4. The number of halogens is 2. The number of nitrogens with zero attached hydrogens (tertiary/aromatic N) is 1. The second-order valence-electron chi connectivity index (χ2n) is 5.82. The molecule has 1 saturated heterocycles. The summed E-state index contributed by atoms with van der Waals surface area (Å²) in [6.07, 6.45) is 1.08. The van der Waals surface area contributed by atoms with Crippen LogP contribution in [0, 0.1) is 5.92 Å². The molecule has 2 aromatic rings. The summed E-state index contributed by atoms with van der Waals surface area (Å²) in [6, 6.07) is 7.86. The van der Waals surface area contributed by atoms with E-state index in [0.717, 1.165) is 35.8 Å². The lowest BCUT2D eigenvalue weighted by Gasteiger charge is -2.29. The normalized spacial score (nSPS) is 19.3. The van der Waals surface area contributed by atoms with Crippen LogP contribution in [0.3, 0.4) is 0 Å². The van der Waals surface area contributed by atoms with Crippen LogP contribution in [-0.2, 0) is 0 Å². The molecule has 1 aromatic heterocycles. The summed E-state index contributed by atoms with van der Waals surface area (Å²) in [5.41, 5.74) is 1.47. The van der Waals surface area contributed by atoms with Crippen LogP contribution in [0.25, 0.3) is 10.6 Å². The van der Waals surface area contributed by atoms with Gasteiger partial charge in [-0.25, -0.2) is 4.98 Å². The number of benzene rings is 1. The van der Waals surface area contributed by atoms with Crippen LogP contribution in [0.1, 0.15) is 23.8 Å². The van der Waals surface area contributed by atoms with E-state index < -0.39 is 0 Å². The van der Waals surface area contributed by atoms with E-state index in [4.69, 9.17) is 4.74 Å². The van der Waals surface area contributed by atoms with Gasteiger partial charge in [0.25, 0.3) is 5.91 Å². The standard InChI is InChI=1S/C17H21N3O2S.2ClH/c1-11-7-8-18-9-14(11)19-16(21)15-10-23-17(20-15)12-3-5-13(22-2)6-4-12;;/h3-6,10-11,14,18H,7-9H2,1-2H3,(H,19,21);2*1H. The van der Waals surface area contributed by atoms with Crippen LogP contribution >= 0.6 is 36.2 Å². The number of ether oxygens (including phenoxy) is 1. The molecule has 2 atom stereocenters. The number of hydrogen-bond acceptors (Lipinski definition) is 5. The topological polar surface area (TPSA) is 63.2 Å². The SMILES string of the molecule is COc1ccc(-c2nc(C(=O)NC3CNCCC3C)cs2)cc1.Cl.Cl. The van der Waals surface area contributed by atoms with Crippen LogP contribution in [0.4, 0.5) is 0 Å². The summed E-state index contributed by atoms with van der Waals surface area (Å²) in [6.45, 7) is 4.02. The molecule has 0 bridgehead atoms. The minimum atomic E-state index is -0.0958.